The van der Waals surface area contributed by atoms with Crippen LogP contribution in [0, 0.1) is 5.82 Å². The molecule has 2 heterocycles. The lowest BCUT2D eigenvalue weighted by Crippen LogP contribution is -2.49. The van der Waals surface area contributed by atoms with E-state index >= 15 is 0 Å². The maximum absolute atomic E-state index is 14.0. The number of aromatic nitrogens is 2. The zero-order valence-corrected chi connectivity index (χ0v) is 23.1. The molecule has 234 valence electrons. The zero-order valence-electron chi connectivity index (χ0n) is 23.1. The number of nitrogens with zero attached hydrogens (tertiary/aromatic N) is 3. The van der Waals surface area contributed by atoms with Crippen LogP contribution in [0.15, 0.2) is 48.3 Å². The number of likely N-dealkylation sites (N-methyl/N-ethyl adjacent to an activating group) is 1. The van der Waals surface area contributed by atoms with Gasteiger partial charge >= 0.3 is 18.6 Å². The lowest BCUT2D eigenvalue weighted by atomic mass is 10.1. The molecule has 1 unspecified atom stereocenters. The summed E-state index contributed by atoms with van der Waals surface area (Å²) in [4.78, 5) is 45.8. The fraction of sp³-hybridized carbons (Fsp3) is 0.385. The number of hydrogen-bond donors (Lipinski definition) is 4. The van der Waals surface area contributed by atoms with E-state index in [9.17, 15) is 41.4 Å². The molecule has 0 fully saturated rings. The van der Waals surface area contributed by atoms with Gasteiger partial charge in [0.15, 0.2) is 12.0 Å². The number of hydrogen-bond acceptors (Lipinski definition) is 8. The summed E-state index contributed by atoms with van der Waals surface area (Å²) in [6.07, 6.45) is -4.03. The second-order valence-electron chi connectivity index (χ2n) is 9.35. The second kappa shape index (κ2) is 14.0. The molecular weight excluding hydrogens is 587 g/mol. The molecule has 43 heavy (non-hydrogen) atoms. The monoisotopic (exact) mass is 616 g/mol. The number of alkyl carbamates (subject to hydrolysis) is 1. The second-order valence-corrected chi connectivity index (χ2v) is 9.35. The molecule has 0 radical (unpaired) electrons. The minimum atomic E-state index is -4.90. The highest BCUT2D eigenvalue weighted by molar-refractivity contribution is 5.88. The van der Waals surface area contributed by atoms with Gasteiger partial charge in [-0.3, -0.25) is 9.59 Å². The number of fused-ring (bicyclic) bond motifs is 1. The highest BCUT2D eigenvalue weighted by atomic mass is 19.3. The maximum Gasteiger partial charge on any atom is 0.461 e. The van der Waals surface area contributed by atoms with Crippen LogP contribution in [0.2, 0.25) is 0 Å². The molecule has 1 aromatic heterocycles. The van der Waals surface area contributed by atoms with Crippen LogP contribution >= 0.6 is 0 Å². The summed E-state index contributed by atoms with van der Waals surface area (Å²) in [5, 5.41) is 15.8. The first-order valence-electron chi connectivity index (χ1n) is 12.6. The summed E-state index contributed by atoms with van der Waals surface area (Å²) >= 11 is 0. The summed E-state index contributed by atoms with van der Waals surface area (Å²) in [5.74, 6) is -2.95. The Morgan fingerprint density at radius 2 is 2.00 bits per heavy atom. The molecule has 3 amide bonds. The van der Waals surface area contributed by atoms with Crippen molar-refractivity contribution >= 4 is 28.9 Å². The van der Waals surface area contributed by atoms with Crippen LogP contribution in [0.25, 0.3) is 11.0 Å². The zero-order chi connectivity index (χ0) is 31.9. The third kappa shape index (κ3) is 8.67. The van der Waals surface area contributed by atoms with Gasteiger partial charge < -0.3 is 40.0 Å². The maximum atomic E-state index is 14.0. The van der Waals surface area contributed by atoms with E-state index in [2.05, 4.69) is 30.1 Å². The summed E-state index contributed by atoms with van der Waals surface area (Å²) < 4.78 is 74.8. The number of nitrogens with one attached hydrogen (secondary N) is 3. The third-order valence-electron chi connectivity index (χ3n) is 5.93. The van der Waals surface area contributed by atoms with Gasteiger partial charge in [-0.2, -0.15) is 17.6 Å². The van der Waals surface area contributed by atoms with Crippen LogP contribution in [-0.2, 0) is 20.9 Å². The normalized spacial score (nSPS) is 15.9. The average molecular weight is 617 g/mol. The minimum absolute atomic E-state index is 0.00591. The molecule has 0 spiro atoms. The van der Waals surface area contributed by atoms with Gasteiger partial charge in [0.25, 0.3) is 0 Å². The Morgan fingerprint density at radius 1 is 1.28 bits per heavy atom. The van der Waals surface area contributed by atoms with Crippen molar-refractivity contribution in [3.63, 3.8) is 0 Å². The van der Waals surface area contributed by atoms with Crippen LogP contribution in [0.4, 0.5) is 26.7 Å². The number of carbonyl (C=O) groups excluding carboxylic acids is 3. The van der Waals surface area contributed by atoms with Crippen molar-refractivity contribution < 1.29 is 50.9 Å². The molecule has 12 nitrogen and oxygen atoms in total. The molecule has 0 saturated carbocycles. The Labute approximate surface area is 241 Å². The quantitative estimate of drug-likeness (QED) is 0.210. The fourth-order valence-electron chi connectivity index (χ4n) is 3.76. The van der Waals surface area contributed by atoms with E-state index in [1.54, 1.807) is 14.1 Å². The van der Waals surface area contributed by atoms with E-state index in [4.69, 9.17) is 0 Å². The number of methoxy groups -OCH3 is 1. The predicted octanol–water partition coefficient (Wildman–Crippen LogP) is 2.74. The standard InChI is InChI=1S/C26H29F5N6O6/c1-36(2)20(38)9-5-4-7-15(34-25(41)42-3)22(39)33-16-8-6-10-37(23(16)40)13-19-32-17-11-14(27)12-18(21(17)35-19)43-26(30,31)24(28)29/h5-6,8-12,15,23-24,40H,4,7,13H2,1-3H3,(H,32,35)(H,33,39)(H,34,41)/b9-5+/t15-,23?/m0/s1. The first-order chi connectivity index (χ1) is 20.2. The van der Waals surface area contributed by atoms with Gasteiger partial charge in [0.05, 0.1) is 24.9 Å². The summed E-state index contributed by atoms with van der Waals surface area (Å²) in [5.41, 5.74) is -0.493. The molecule has 4 N–H and O–H groups in total. The minimum Gasteiger partial charge on any atom is -0.453 e. The van der Waals surface area contributed by atoms with Gasteiger partial charge in [0.2, 0.25) is 11.8 Å². The van der Waals surface area contributed by atoms with E-state index in [1.807, 2.05) is 0 Å². The van der Waals surface area contributed by atoms with Crippen LogP contribution < -0.4 is 15.4 Å². The van der Waals surface area contributed by atoms with Crippen molar-refractivity contribution in [2.24, 2.45) is 0 Å². The van der Waals surface area contributed by atoms with E-state index in [-0.39, 0.29) is 47.8 Å². The first kappa shape index (κ1) is 32.8. The van der Waals surface area contributed by atoms with Crippen molar-refractivity contribution in [2.45, 2.75) is 44.2 Å². The van der Waals surface area contributed by atoms with E-state index in [1.165, 1.54) is 40.3 Å². The van der Waals surface area contributed by atoms with Gasteiger partial charge in [-0.15, -0.1) is 0 Å². The van der Waals surface area contributed by atoms with Crippen LogP contribution in [-0.4, -0.2) is 88.8 Å². The number of imidazole rings is 1. The number of rotatable bonds is 12. The lowest BCUT2D eigenvalue weighted by molar-refractivity contribution is -0.252. The summed E-state index contributed by atoms with van der Waals surface area (Å²) in [7, 11) is 4.25. The Balaban J connectivity index is 1.72. The SMILES string of the molecule is COC(=O)N[C@@H](CC/C=C/C(=O)N(C)C)C(=O)NC1=CC=CN(Cc2nc3c(OC(F)(F)C(F)F)cc(F)cc3[nH]2)C1O. The molecule has 2 atom stereocenters. The smallest absolute Gasteiger partial charge is 0.453 e. The van der Waals surface area contributed by atoms with Crippen LogP contribution in [0.3, 0.4) is 0 Å². The molecule has 2 aromatic rings. The lowest BCUT2D eigenvalue weighted by Gasteiger charge is -2.30. The highest BCUT2D eigenvalue weighted by Crippen LogP contribution is 2.33. The van der Waals surface area contributed by atoms with Crippen molar-refractivity contribution in [2.75, 3.05) is 21.2 Å². The number of amides is 3. The first-order valence-corrected chi connectivity index (χ1v) is 12.6. The van der Waals surface area contributed by atoms with Crippen LogP contribution in [0.1, 0.15) is 18.7 Å². The van der Waals surface area contributed by atoms with Gasteiger partial charge in [-0.05, 0) is 37.1 Å². The number of aromatic amines is 1. The molecule has 0 saturated heterocycles. The van der Waals surface area contributed by atoms with Gasteiger partial charge in [-0.1, -0.05) is 6.08 Å². The topological polar surface area (TPSA) is 149 Å². The number of halogens is 5. The van der Waals surface area contributed by atoms with E-state index < -0.39 is 48.4 Å². The van der Waals surface area contributed by atoms with Crippen molar-refractivity contribution in [3.05, 3.63) is 60.0 Å². The fourth-order valence-corrected chi connectivity index (χ4v) is 3.76. The van der Waals surface area contributed by atoms with Crippen molar-refractivity contribution in [3.8, 4) is 5.75 Å². The molecule has 1 aliphatic heterocycles. The number of H-pyrrole nitrogens is 1. The predicted molar refractivity (Wildman–Crippen MR) is 141 cm³/mol. The third-order valence-corrected chi connectivity index (χ3v) is 5.93. The molecule has 1 aliphatic rings. The Bertz CT molecular complexity index is 1430. The number of carbonyl (C=O) groups is 3. The largest absolute Gasteiger partial charge is 0.461 e. The number of ether oxygens (including phenoxy) is 2. The van der Waals surface area contributed by atoms with Gasteiger partial charge in [-0.25, -0.2) is 14.2 Å². The summed E-state index contributed by atoms with van der Waals surface area (Å²) in [6.45, 7) is -0.236. The van der Waals surface area contributed by atoms with Crippen molar-refractivity contribution in [1.29, 1.82) is 0 Å². The van der Waals surface area contributed by atoms with Crippen molar-refractivity contribution in [1.82, 2.24) is 30.4 Å². The Morgan fingerprint density at radius 3 is 2.65 bits per heavy atom. The number of alkyl halides is 4. The molecule has 1 aromatic carbocycles. The van der Waals surface area contributed by atoms with E-state index in [0.29, 0.717) is 6.07 Å². The Kier molecular flexibility index (Phi) is 10.7. The average Bonchev–Trinajstić information content (AvgIpc) is 3.34. The number of allylic oxidation sites excluding steroid dienone is 3. The molecule has 0 aliphatic carbocycles. The number of aliphatic hydroxyl groups is 1. The van der Waals surface area contributed by atoms with E-state index in [0.717, 1.165) is 13.2 Å². The molecular formula is C26H29F5N6O6. The van der Waals surface area contributed by atoms with Crippen LogP contribution in [0.5, 0.6) is 5.75 Å². The van der Waals surface area contributed by atoms with Gasteiger partial charge in [0, 0.05) is 26.4 Å². The molecule has 3 rings (SSSR count). The molecule has 17 heteroatoms. The molecule has 0 bridgehead atoms. The number of aliphatic hydroxyl groups excluding tert-OH is 1. The number of benzene rings is 1. The van der Waals surface area contributed by atoms with Gasteiger partial charge in [0.1, 0.15) is 23.2 Å². The Hall–Kier alpha value is -4.67. The summed E-state index contributed by atoms with van der Waals surface area (Å²) in [6, 6.07) is 0.270. The highest BCUT2D eigenvalue weighted by Gasteiger charge is 2.44.